The highest BCUT2D eigenvalue weighted by Crippen LogP contribution is 2.40. The molecule has 1 aliphatic rings. The predicted molar refractivity (Wildman–Crippen MR) is 96.6 cm³/mol. The van der Waals surface area contributed by atoms with Crippen molar-refractivity contribution in [2.45, 2.75) is 58.9 Å². The van der Waals surface area contributed by atoms with Crippen LogP contribution in [0, 0.1) is 13.8 Å². The van der Waals surface area contributed by atoms with Crippen molar-refractivity contribution in [2.75, 3.05) is 10.6 Å². The highest BCUT2D eigenvalue weighted by Gasteiger charge is 2.26. The number of benzene rings is 1. The minimum Gasteiger partial charge on any atom is -0.352 e. The molecule has 122 valence electrons. The van der Waals surface area contributed by atoms with Crippen molar-refractivity contribution >= 4 is 17.5 Å². The average Bonchev–Trinajstić information content (AvgIpc) is 3.35. The molecule has 1 heterocycles. The Bertz CT molecular complexity index is 692. The van der Waals surface area contributed by atoms with Gasteiger partial charge < -0.3 is 10.6 Å². The highest BCUT2D eigenvalue weighted by atomic mass is 15.2. The third-order valence-corrected chi connectivity index (χ3v) is 4.39. The van der Waals surface area contributed by atoms with E-state index in [0.29, 0.717) is 12.0 Å². The van der Waals surface area contributed by atoms with Gasteiger partial charge in [0.15, 0.2) is 0 Å². The minimum atomic E-state index is 0.373. The summed E-state index contributed by atoms with van der Waals surface area (Å²) in [5, 5.41) is 6.88. The van der Waals surface area contributed by atoms with Crippen LogP contribution in [0.1, 0.15) is 55.8 Å². The maximum atomic E-state index is 4.70. The standard InChI is InChI=1S/C19H26N4/c1-5-14(4)20-19-22-17(15-8-9-15)11-18(23-19)21-16-10-12(2)6-7-13(16)3/h6-7,10-11,14-15H,5,8-9H2,1-4H3,(H2,20,21,22,23)/t14-/m0/s1. The van der Waals surface area contributed by atoms with Crippen molar-refractivity contribution < 1.29 is 0 Å². The molecule has 1 aromatic carbocycles. The second-order valence-corrected chi connectivity index (χ2v) is 6.67. The summed E-state index contributed by atoms with van der Waals surface area (Å²) in [4.78, 5) is 9.37. The Balaban J connectivity index is 1.89. The van der Waals surface area contributed by atoms with E-state index in [1.165, 1.54) is 24.0 Å². The van der Waals surface area contributed by atoms with E-state index in [-0.39, 0.29) is 0 Å². The molecule has 1 aromatic heterocycles. The number of nitrogens with zero attached hydrogens (tertiary/aromatic N) is 2. The van der Waals surface area contributed by atoms with E-state index in [4.69, 9.17) is 4.98 Å². The number of aromatic nitrogens is 2. The molecule has 4 nitrogen and oxygen atoms in total. The quantitative estimate of drug-likeness (QED) is 0.794. The van der Waals surface area contributed by atoms with Crippen molar-refractivity contribution in [2.24, 2.45) is 0 Å². The van der Waals surface area contributed by atoms with Gasteiger partial charge in [-0.1, -0.05) is 19.1 Å². The van der Waals surface area contributed by atoms with Gasteiger partial charge in [0.25, 0.3) is 0 Å². The van der Waals surface area contributed by atoms with E-state index in [1.54, 1.807) is 0 Å². The number of nitrogens with one attached hydrogen (secondary N) is 2. The van der Waals surface area contributed by atoms with Gasteiger partial charge in [-0.3, -0.25) is 0 Å². The summed E-state index contributed by atoms with van der Waals surface area (Å²) in [5.74, 6) is 2.22. The van der Waals surface area contributed by atoms with Gasteiger partial charge in [-0.25, -0.2) is 4.98 Å². The summed E-state index contributed by atoms with van der Waals surface area (Å²) in [7, 11) is 0. The minimum absolute atomic E-state index is 0.373. The molecule has 1 fully saturated rings. The molecule has 4 heteroatoms. The summed E-state index contributed by atoms with van der Waals surface area (Å²) in [6.07, 6.45) is 3.53. The first kappa shape index (κ1) is 15.8. The maximum Gasteiger partial charge on any atom is 0.225 e. The van der Waals surface area contributed by atoms with Gasteiger partial charge in [-0.15, -0.1) is 0 Å². The van der Waals surface area contributed by atoms with Crippen molar-refractivity contribution in [3.05, 3.63) is 41.1 Å². The van der Waals surface area contributed by atoms with Gasteiger partial charge in [0.2, 0.25) is 5.95 Å². The highest BCUT2D eigenvalue weighted by molar-refractivity contribution is 5.62. The summed E-state index contributed by atoms with van der Waals surface area (Å²) in [6, 6.07) is 8.90. The molecule has 1 atom stereocenters. The van der Waals surface area contributed by atoms with Gasteiger partial charge >= 0.3 is 0 Å². The van der Waals surface area contributed by atoms with Crippen LogP contribution < -0.4 is 10.6 Å². The predicted octanol–water partition coefficient (Wildman–Crippen LogP) is 4.92. The lowest BCUT2D eigenvalue weighted by Crippen LogP contribution is -2.16. The maximum absolute atomic E-state index is 4.70. The van der Waals surface area contributed by atoms with Crippen molar-refractivity contribution in [3.63, 3.8) is 0 Å². The Morgan fingerprint density at radius 1 is 1.17 bits per heavy atom. The average molecular weight is 310 g/mol. The molecule has 0 spiro atoms. The molecule has 3 rings (SSSR count). The summed E-state index contributed by atoms with van der Waals surface area (Å²) in [5.41, 5.74) is 4.73. The van der Waals surface area contributed by atoms with Crippen LogP contribution >= 0.6 is 0 Å². The summed E-state index contributed by atoms with van der Waals surface area (Å²) < 4.78 is 0. The number of aryl methyl sites for hydroxylation is 2. The molecular formula is C19H26N4. The molecule has 2 aromatic rings. The lowest BCUT2D eigenvalue weighted by atomic mass is 10.1. The van der Waals surface area contributed by atoms with Crippen LogP contribution in [-0.2, 0) is 0 Å². The van der Waals surface area contributed by atoms with Gasteiger partial charge in [0.1, 0.15) is 5.82 Å². The lowest BCUT2D eigenvalue weighted by Gasteiger charge is -2.15. The molecule has 0 amide bonds. The zero-order valence-corrected chi connectivity index (χ0v) is 14.5. The number of rotatable bonds is 6. The van der Waals surface area contributed by atoms with Gasteiger partial charge in [0.05, 0.1) is 5.69 Å². The van der Waals surface area contributed by atoms with Crippen LogP contribution in [0.25, 0.3) is 0 Å². The molecule has 0 unspecified atom stereocenters. The fraction of sp³-hybridized carbons (Fsp3) is 0.474. The molecule has 0 bridgehead atoms. The Morgan fingerprint density at radius 3 is 2.65 bits per heavy atom. The van der Waals surface area contributed by atoms with E-state index in [9.17, 15) is 0 Å². The van der Waals surface area contributed by atoms with Crippen LogP contribution in [0.15, 0.2) is 24.3 Å². The Hall–Kier alpha value is -2.10. The van der Waals surface area contributed by atoms with Gasteiger partial charge in [-0.2, -0.15) is 4.98 Å². The Morgan fingerprint density at radius 2 is 1.96 bits per heavy atom. The molecule has 0 saturated heterocycles. The van der Waals surface area contributed by atoms with Crippen LogP contribution in [0.4, 0.5) is 17.5 Å². The van der Waals surface area contributed by atoms with E-state index >= 15 is 0 Å². The molecule has 23 heavy (non-hydrogen) atoms. The fourth-order valence-corrected chi connectivity index (χ4v) is 2.51. The normalized spacial score (nSPS) is 15.3. The second kappa shape index (κ2) is 6.57. The number of hydrogen-bond acceptors (Lipinski definition) is 4. The lowest BCUT2D eigenvalue weighted by molar-refractivity contribution is 0.750. The molecule has 2 N–H and O–H groups in total. The Labute approximate surface area is 138 Å². The van der Waals surface area contributed by atoms with E-state index in [1.807, 2.05) is 0 Å². The zero-order chi connectivity index (χ0) is 16.4. The summed E-state index contributed by atoms with van der Waals surface area (Å²) in [6.45, 7) is 8.54. The molecule has 0 radical (unpaired) electrons. The SMILES string of the molecule is CC[C@H](C)Nc1nc(Nc2cc(C)ccc2C)cc(C2CC2)n1. The van der Waals surface area contributed by atoms with Gasteiger partial charge in [0, 0.05) is 23.7 Å². The molecule has 0 aliphatic heterocycles. The van der Waals surface area contributed by atoms with Crippen LogP contribution in [0.3, 0.4) is 0 Å². The first-order valence-electron chi connectivity index (χ1n) is 8.55. The van der Waals surface area contributed by atoms with Crippen LogP contribution in [0.5, 0.6) is 0 Å². The van der Waals surface area contributed by atoms with E-state index in [0.717, 1.165) is 29.6 Å². The molecule has 1 saturated carbocycles. The summed E-state index contributed by atoms with van der Waals surface area (Å²) >= 11 is 0. The zero-order valence-electron chi connectivity index (χ0n) is 14.5. The van der Waals surface area contributed by atoms with E-state index < -0.39 is 0 Å². The number of anilines is 3. The van der Waals surface area contributed by atoms with Crippen LogP contribution in [-0.4, -0.2) is 16.0 Å². The second-order valence-electron chi connectivity index (χ2n) is 6.67. The first-order chi connectivity index (χ1) is 11.0. The largest absolute Gasteiger partial charge is 0.352 e. The first-order valence-corrected chi connectivity index (χ1v) is 8.55. The smallest absolute Gasteiger partial charge is 0.225 e. The van der Waals surface area contributed by atoms with Crippen LogP contribution in [0.2, 0.25) is 0 Å². The van der Waals surface area contributed by atoms with Gasteiger partial charge in [-0.05, 0) is 57.2 Å². The van der Waals surface area contributed by atoms with Crippen molar-refractivity contribution in [3.8, 4) is 0 Å². The third-order valence-electron chi connectivity index (χ3n) is 4.39. The third kappa shape index (κ3) is 4.01. The number of hydrogen-bond donors (Lipinski definition) is 2. The van der Waals surface area contributed by atoms with Crippen molar-refractivity contribution in [1.29, 1.82) is 0 Å². The van der Waals surface area contributed by atoms with E-state index in [2.05, 4.69) is 67.6 Å². The molecule has 1 aliphatic carbocycles. The monoisotopic (exact) mass is 310 g/mol. The Kier molecular flexibility index (Phi) is 4.51. The van der Waals surface area contributed by atoms with Crippen molar-refractivity contribution in [1.82, 2.24) is 9.97 Å². The fourth-order valence-electron chi connectivity index (χ4n) is 2.51. The molecular weight excluding hydrogens is 284 g/mol. The topological polar surface area (TPSA) is 49.8 Å².